The van der Waals surface area contributed by atoms with Crippen molar-refractivity contribution in [2.24, 2.45) is 0 Å². The lowest BCUT2D eigenvalue weighted by Gasteiger charge is -2.02. The molecule has 0 N–H and O–H groups in total. The Bertz CT molecular complexity index is 575. The standard InChI is InChI=1S/C14H21N5OS/c1-10(21-2)7-12-8-19(18-16-12)9-13-15-14(20-17-13)11-5-3-4-6-11/h8,10-11H,3-7,9H2,1-2H3/t10-/m0/s1. The quantitative estimate of drug-likeness (QED) is 0.817. The summed E-state index contributed by atoms with van der Waals surface area (Å²) in [5.41, 5.74) is 1.01. The van der Waals surface area contributed by atoms with E-state index in [0.717, 1.165) is 18.0 Å². The molecule has 21 heavy (non-hydrogen) atoms. The molecule has 1 fully saturated rings. The number of nitrogens with zero attached hydrogens (tertiary/aromatic N) is 5. The van der Waals surface area contributed by atoms with Crippen LogP contribution in [0.1, 0.15) is 55.9 Å². The molecule has 0 aliphatic heterocycles. The number of rotatable bonds is 6. The van der Waals surface area contributed by atoms with Gasteiger partial charge in [0.05, 0.1) is 5.69 Å². The third-order valence-electron chi connectivity index (χ3n) is 3.98. The van der Waals surface area contributed by atoms with Crippen molar-refractivity contribution in [2.75, 3.05) is 6.26 Å². The van der Waals surface area contributed by atoms with E-state index in [4.69, 9.17) is 4.52 Å². The first-order chi connectivity index (χ1) is 10.2. The topological polar surface area (TPSA) is 69.6 Å². The highest BCUT2D eigenvalue weighted by atomic mass is 32.2. The summed E-state index contributed by atoms with van der Waals surface area (Å²) in [4.78, 5) is 4.50. The summed E-state index contributed by atoms with van der Waals surface area (Å²) in [5.74, 6) is 1.94. The van der Waals surface area contributed by atoms with E-state index in [2.05, 4.69) is 33.6 Å². The second kappa shape index (κ2) is 6.60. The molecule has 0 unspecified atom stereocenters. The van der Waals surface area contributed by atoms with Crippen LogP contribution in [0.5, 0.6) is 0 Å². The summed E-state index contributed by atoms with van der Waals surface area (Å²) in [6, 6.07) is 0. The van der Waals surface area contributed by atoms with Crippen molar-refractivity contribution < 1.29 is 4.52 Å². The van der Waals surface area contributed by atoms with Gasteiger partial charge in [-0.1, -0.05) is 30.1 Å². The number of thioether (sulfide) groups is 1. The van der Waals surface area contributed by atoms with Crippen LogP contribution in [-0.2, 0) is 13.0 Å². The first-order valence-corrected chi connectivity index (χ1v) is 8.77. The van der Waals surface area contributed by atoms with Crippen LogP contribution >= 0.6 is 11.8 Å². The van der Waals surface area contributed by atoms with E-state index >= 15 is 0 Å². The molecule has 1 atom stereocenters. The van der Waals surface area contributed by atoms with Crippen molar-refractivity contribution in [3.8, 4) is 0 Å². The average Bonchev–Trinajstić information content (AvgIpc) is 3.19. The Kier molecular flexibility index (Phi) is 4.57. The van der Waals surface area contributed by atoms with Gasteiger partial charge in [-0.05, 0) is 19.1 Å². The molecule has 0 bridgehead atoms. The summed E-state index contributed by atoms with van der Waals surface area (Å²) in [7, 11) is 0. The van der Waals surface area contributed by atoms with E-state index in [1.165, 1.54) is 25.7 Å². The minimum Gasteiger partial charge on any atom is -0.339 e. The summed E-state index contributed by atoms with van der Waals surface area (Å²) in [5, 5.41) is 13.0. The first-order valence-electron chi connectivity index (χ1n) is 7.49. The molecule has 114 valence electrons. The van der Waals surface area contributed by atoms with Gasteiger partial charge in [-0.2, -0.15) is 16.7 Å². The molecule has 0 radical (unpaired) electrons. The summed E-state index contributed by atoms with van der Waals surface area (Å²) < 4.78 is 7.17. The van der Waals surface area contributed by atoms with E-state index in [0.29, 0.717) is 23.5 Å². The fraction of sp³-hybridized carbons (Fsp3) is 0.714. The third-order valence-corrected chi connectivity index (χ3v) is 4.95. The number of aromatic nitrogens is 5. The fourth-order valence-corrected chi connectivity index (χ4v) is 3.04. The van der Waals surface area contributed by atoms with Crippen LogP contribution in [0.2, 0.25) is 0 Å². The van der Waals surface area contributed by atoms with Crippen LogP contribution in [0.4, 0.5) is 0 Å². The van der Waals surface area contributed by atoms with Gasteiger partial charge in [0.25, 0.3) is 0 Å². The maximum absolute atomic E-state index is 5.38. The van der Waals surface area contributed by atoms with Gasteiger partial charge in [0.2, 0.25) is 5.89 Å². The normalized spacial score (nSPS) is 17.4. The molecule has 0 spiro atoms. The van der Waals surface area contributed by atoms with Crippen LogP contribution in [-0.4, -0.2) is 36.6 Å². The SMILES string of the molecule is CS[C@@H](C)Cc1cn(Cc2noc(C3CCCC3)n2)nn1. The molecule has 1 aliphatic rings. The van der Waals surface area contributed by atoms with Gasteiger partial charge in [0.15, 0.2) is 5.82 Å². The van der Waals surface area contributed by atoms with Crippen LogP contribution < -0.4 is 0 Å². The molecular formula is C14H21N5OS. The lowest BCUT2D eigenvalue weighted by atomic mass is 10.1. The maximum atomic E-state index is 5.38. The van der Waals surface area contributed by atoms with Gasteiger partial charge in [-0.3, -0.25) is 0 Å². The predicted molar refractivity (Wildman–Crippen MR) is 81.3 cm³/mol. The maximum Gasteiger partial charge on any atom is 0.229 e. The number of hydrogen-bond donors (Lipinski definition) is 0. The number of hydrogen-bond acceptors (Lipinski definition) is 6. The van der Waals surface area contributed by atoms with Gasteiger partial charge in [-0.25, -0.2) is 4.68 Å². The van der Waals surface area contributed by atoms with Crippen molar-refractivity contribution in [1.82, 2.24) is 25.1 Å². The van der Waals surface area contributed by atoms with Crippen LogP contribution in [0.3, 0.4) is 0 Å². The minimum absolute atomic E-state index is 0.458. The molecule has 1 aliphatic carbocycles. The highest BCUT2D eigenvalue weighted by Crippen LogP contribution is 2.32. The van der Waals surface area contributed by atoms with E-state index in [9.17, 15) is 0 Å². The van der Waals surface area contributed by atoms with Gasteiger partial charge < -0.3 is 4.52 Å². The minimum atomic E-state index is 0.458. The first kappa shape index (κ1) is 14.6. The Labute approximate surface area is 128 Å². The smallest absolute Gasteiger partial charge is 0.229 e. The van der Waals surface area contributed by atoms with Crippen molar-refractivity contribution >= 4 is 11.8 Å². The van der Waals surface area contributed by atoms with Gasteiger partial charge in [0.1, 0.15) is 6.54 Å². The fourth-order valence-electron chi connectivity index (χ4n) is 2.70. The van der Waals surface area contributed by atoms with Crippen LogP contribution in [0, 0.1) is 0 Å². The Morgan fingerprint density at radius 1 is 1.43 bits per heavy atom. The Morgan fingerprint density at radius 2 is 2.24 bits per heavy atom. The summed E-state index contributed by atoms with van der Waals surface area (Å²) in [6.07, 6.45) is 9.88. The third kappa shape index (κ3) is 3.64. The van der Waals surface area contributed by atoms with Crippen molar-refractivity contribution in [2.45, 2.75) is 56.7 Å². The lowest BCUT2D eigenvalue weighted by molar-refractivity contribution is 0.349. The molecule has 2 aromatic heterocycles. The zero-order valence-electron chi connectivity index (χ0n) is 12.5. The van der Waals surface area contributed by atoms with Gasteiger partial charge in [-0.15, -0.1) is 5.10 Å². The molecule has 0 aromatic carbocycles. The molecule has 2 aromatic rings. The van der Waals surface area contributed by atoms with E-state index in [1.54, 1.807) is 4.68 Å². The second-order valence-electron chi connectivity index (χ2n) is 5.69. The van der Waals surface area contributed by atoms with Crippen molar-refractivity contribution in [1.29, 1.82) is 0 Å². The summed E-state index contributed by atoms with van der Waals surface area (Å²) in [6.45, 7) is 2.72. The highest BCUT2D eigenvalue weighted by molar-refractivity contribution is 7.99. The zero-order chi connectivity index (χ0) is 14.7. The molecular weight excluding hydrogens is 286 g/mol. The average molecular weight is 307 g/mol. The Balaban J connectivity index is 1.61. The monoisotopic (exact) mass is 307 g/mol. The molecule has 0 saturated heterocycles. The largest absolute Gasteiger partial charge is 0.339 e. The molecule has 1 saturated carbocycles. The van der Waals surface area contributed by atoms with Gasteiger partial charge in [0, 0.05) is 23.8 Å². The molecule has 6 nitrogen and oxygen atoms in total. The molecule has 2 heterocycles. The predicted octanol–water partition coefficient (Wildman–Crippen LogP) is 2.66. The Morgan fingerprint density at radius 3 is 3.00 bits per heavy atom. The Hall–Kier alpha value is -1.37. The zero-order valence-corrected chi connectivity index (χ0v) is 13.3. The molecule has 7 heteroatoms. The molecule has 0 amide bonds. The van der Waals surface area contributed by atoms with Gasteiger partial charge >= 0.3 is 0 Å². The van der Waals surface area contributed by atoms with Crippen molar-refractivity contribution in [3.63, 3.8) is 0 Å². The van der Waals surface area contributed by atoms with E-state index in [-0.39, 0.29) is 0 Å². The van der Waals surface area contributed by atoms with E-state index in [1.807, 2.05) is 18.0 Å². The van der Waals surface area contributed by atoms with Crippen LogP contribution in [0.25, 0.3) is 0 Å². The molecule has 3 rings (SSSR count). The summed E-state index contributed by atoms with van der Waals surface area (Å²) >= 11 is 1.83. The van der Waals surface area contributed by atoms with Crippen LogP contribution in [0.15, 0.2) is 10.7 Å². The van der Waals surface area contributed by atoms with E-state index < -0.39 is 0 Å². The second-order valence-corrected chi connectivity index (χ2v) is 6.96. The van der Waals surface area contributed by atoms with Crippen molar-refractivity contribution in [3.05, 3.63) is 23.6 Å². The lowest BCUT2D eigenvalue weighted by Crippen LogP contribution is -2.03. The highest BCUT2D eigenvalue weighted by Gasteiger charge is 2.23.